The fourth-order valence-corrected chi connectivity index (χ4v) is 3.72. The van der Waals surface area contributed by atoms with Crippen molar-refractivity contribution in [1.29, 1.82) is 0 Å². The molecule has 2 aromatic rings. The predicted octanol–water partition coefficient (Wildman–Crippen LogP) is 5.86. The summed E-state index contributed by atoms with van der Waals surface area (Å²) in [6.45, 7) is 9.27. The highest BCUT2D eigenvalue weighted by Gasteiger charge is 2.29. The molecule has 0 radical (unpaired) electrons. The Balaban J connectivity index is 1.67. The van der Waals surface area contributed by atoms with Gasteiger partial charge in [0, 0.05) is 17.5 Å². The van der Waals surface area contributed by atoms with Crippen molar-refractivity contribution in [3.05, 3.63) is 29.0 Å². The molecular weight excluding hydrogens is 330 g/mol. The molecule has 0 spiro atoms. The second-order valence-electron chi connectivity index (χ2n) is 7.43. The highest BCUT2D eigenvalue weighted by atomic mass is 35.5. The smallest absolute Gasteiger partial charge is 0.112 e. The molecule has 0 amide bonds. The first-order valence-electron chi connectivity index (χ1n) is 10.1. The van der Waals surface area contributed by atoms with Gasteiger partial charge in [-0.3, -0.25) is 0 Å². The summed E-state index contributed by atoms with van der Waals surface area (Å²) >= 11 is 6.24. The molecule has 1 aromatic heterocycles. The Morgan fingerprint density at radius 1 is 1.08 bits per heavy atom. The van der Waals surface area contributed by atoms with Gasteiger partial charge in [0.05, 0.1) is 11.0 Å². The summed E-state index contributed by atoms with van der Waals surface area (Å²) in [5.74, 6) is 1.95. The van der Waals surface area contributed by atoms with Crippen LogP contribution in [0.25, 0.3) is 11.0 Å². The van der Waals surface area contributed by atoms with Crippen LogP contribution in [-0.2, 0) is 6.54 Å². The van der Waals surface area contributed by atoms with Crippen LogP contribution in [0.5, 0.6) is 0 Å². The van der Waals surface area contributed by atoms with Crippen LogP contribution in [0.2, 0.25) is 5.02 Å². The van der Waals surface area contributed by atoms with Crippen LogP contribution in [0.4, 0.5) is 0 Å². The summed E-state index contributed by atoms with van der Waals surface area (Å²) in [4.78, 5) is 7.55. The minimum atomic E-state index is 0.669. The van der Waals surface area contributed by atoms with Crippen LogP contribution in [0.15, 0.2) is 18.2 Å². The fourth-order valence-electron chi connectivity index (χ4n) is 3.55. The zero-order valence-corrected chi connectivity index (χ0v) is 16.6. The number of aryl methyl sites for hydroxylation is 1. The van der Waals surface area contributed by atoms with Gasteiger partial charge in [-0.15, -0.1) is 0 Å². The number of unbranched alkanes of at least 4 members (excludes halogenated alkanes) is 2. The predicted molar refractivity (Wildman–Crippen MR) is 108 cm³/mol. The van der Waals surface area contributed by atoms with Crippen LogP contribution in [-0.4, -0.2) is 34.1 Å². The van der Waals surface area contributed by atoms with E-state index in [1.807, 2.05) is 6.07 Å². The summed E-state index contributed by atoms with van der Waals surface area (Å²) in [5.41, 5.74) is 2.31. The lowest BCUT2D eigenvalue weighted by molar-refractivity contribution is 0.257. The van der Waals surface area contributed by atoms with Gasteiger partial charge in [-0.05, 0) is 69.9 Å². The first-order chi connectivity index (χ1) is 12.2. The Bertz CT molecular complexity index is 667. The maximum atomic E-state index is 6.24. The Morgan fingerprint density at radius 3 is 2.40 bits per heavy atom. The Labute approximate surface area is 157 Å². The van der Waals surface area contributed by atoms with Crippen molar-refractivity contribution in [3.63, 3.8) is 0 Å². The molecule has 0 unspecified atom stereocenters. The molecule has 1 aliphatic carbocycles. The van der Waals surface area contributed by atoms with E-state index in [9.17, 15) is 0 Å². The first-order valence-corrected chi connectivity index (χ1v) is 10.5. The van der Waals surface area contributed by atoms with E-state index in [4.69, 9.17) is 16.6 Å². The molecule has 0 N–H and O–H groups in total. The van der Waals surface area contributed by atoms with E-state index in [0.717, 1.165) is 17.1 Å². The average molecular weight is 362 g/mol. The average Bonchev–Trinajstić information content (AvgIpc) is 3.40. The lowest BCUT2D eigenvalue weighted by Crippen LogP contribution is -2.28. The third kappa shape index (κ3) is 4.98. The lowest BCUT2D eigenvalue weighted by Gasteiger charge is -2.22. The molecule has 1 aromatic carbocycles. The molecule has 3 nitrogen and oxygen atoms in total. The first kappa shape index (κ1) is 18.7. The van der Waals surface area contributed by atoms with Crippen molar-refractivity contribution in [2.45, 2.75) is 71.3 Å². The van der Waals surface area contributed by atoms with Gasteiger partial charge in [-0.1, -0.05) is 38.3 Å². The van der Waals surface area contributed by atoms with Gasteiger partial charge in [0.25, 0.3) is 0 Å². The van der Waals surface area contributed by atoms with E-state index in [-0.39, 0.29) is 0 Å². The summed E-state index contributed by atoms with van der Waals surface area (Å²) in [6.07, 6.45) is 8.93. The quantitative estimate of drug-likeness (QED) is 0.499. The molecular formula is C21H32ClN3. The SMILES string of the molecule is CCCCN(CCCC)CCCn1c(C2CC2)nc2ccc(Cl)cc21. The summed E-state index contributed by atoms with van der Waals surface area (Å²) in [7, 11) is 0. The monoisotopic (exact) mass is 361 g/mol. The Morgan fingerprint density at radius 2 is 1.76 bits per heavy atom. The topological polar surface area (TPSA) is 21.1 Å². The highest BCUT2D eigenvalue weighted by Crippen LogP contribution is 2.41. The van der Waals surface area contributed by atoms with Crippen molar-refractivity contribution < 1.29 is 0 Å². The van der Waals surface area contributed by atoms with Gasteiger partial charge in [0.2, 0.25) is 0 Å². The number of aromatic nitrogens is 2. The Hall–Kier alpha value is -1.06. The molecule has 0 atom stereocenters. The normalized spacial score (nSPS) is 14.7. The third-order valence-electron chi connectivity index (χ3n) is 5.19. The molecule has 4 heteroatoms. The zero-order chi connectivity index (χ0) is 17.6. The van der Waals surface area contributed by atoms with E-state index in [1.165, 1.54) is 75.9 Å². The molecule has 1 saturated carbocycles. The van der Waals surface area contributed by atoms with E-state index in [1.54, 1.807) is 0 Å². The lowest BCUT2D eigenvalue weighted by atomic mass is 10.2. The van der Waals surface area contributed by atoms with Gasteiger partial charge in [-0.2, -0.15) is 0 Å². The van der Waals surface area contributed by atoms with E-state index in [0.29, 0.717) is 5.92 Å². The van der Waals surface area contributed by atoms with Crippen molar-refractivity contribution >= 4 is 22.6 Å². The van der Waals surface area contributed by atoms with E-state index in [2.05, 4.69) is 35.4 Å². The van der Waals surface area contributed by atoms with E-state index >= 15 is 0 Å². The number of hydrogen-bond acceptors (Lipinski definition) is 2. The summed E-state index contributed by atoms with van der Waals surface area (Å²) < 4.78 is 2.44. The van der Waals surface area contributed by atoms with E-state index < -0.39 is 0 Å². The van der Waals surface area contributed by atoms with Crippen molar-refractivity contribution in [3.8, 4) is 0 Å². The molecule has 1 aliphatic rings. The minimum absolute atomic E-state index is 0.669. The molecule has 3 rings (SSSR count). The van der Waals surface area contributed by atoms with Gasteiger partial charge >= 0.3 is 0 Å². The molecule has 25 heavy (non-hydrogen) atoms. The second-order valence-corrected chi connectivity index (χ2v) is 7.87. The zero-order valence-electron chi connectivity index (χ0n) is 15.8. The molecule has 0 bridgehead atoms. The molecule has 1 heterocycles. The van der Waals surface area contributed by atoms with Crippen LogP contribution >= 0.6 is 11.6 Å². The number of nitrogens with zero attached hydrogens (tertiary/aromatic N) is 3. The Kier molecular flexibility index (Phi) is 6.77. The number of benzene rings is 1. The highest BCUT2D eigenvalue weighted by molar-refractivity contribution is 6.31. The van der Waals surface area contributed by atoms with Crippen molar-refractivity contribution in [1.82, 2.24) is 14.5 Å². The minimum Gasteiger partial charge on any atom is -0.328 e. The van der Waals surface area contributed by atoms with Gasteiger partial charge in [0.15, 0.2) is 0 Å². The van der Waals surface area contributed by atoms with Crippen LogP contribution in [0.1, 0.15) is 70.5 Å². The van der Waals surface area contributed by atoms with Crippen molar-refractivity contribution in [2.24, 2.45) is 0 Å². The van der Waals surface area contributed by atoms with Gasteiger partial charge in [-0.25, -0.2) is 4.98 Å². The van der Waals surface area contributed by atoms with Crippen LogP contribution in [0, 0.1) is 0 Å². The number of fused-ring (bicyclic) bond motifs is 1. The summed E-state index contributed by atoms with van der Waals surface area (Å²) in [6, 6.07) is 6.10. The molecule has 1 fully saturated rings. The molecule has 0 aliphatic heterocycles. The third-order valence-corrected chi connectivity index (χ3v) is 5.43. The van der Waals surface area contributed by atoms with Crippen LogP contribution < -0.4 is 0 Å². The number of imidazole rings is 1. The largest absolute Gasteiger partial charge is 0.328 e. The number of halogens is 1. The van der Waals surface area contributed by atoms with Gasteiger partial charge in [0.1, 0.15) is 5.82 Å². The molecule has 0 saturated heterocycles. The van der Waals surface area contributed by atoms with Crippen molar-refractivity contribution in [2.75, 3.05) is 19.6 Å². The fraction of sp³-hybridized carbons (Fsp3) is 0.667. The number of rotatable bonds is 11. The summed E-state index contributed by atoms with van der Waals surface area (Å²) in [5, 5.41) is 0.809. The van der Waals surface area contributed by atoms with Gasteiger partial charge < -0.3 is 9.47 Å². The molecule has 138 valence electrons. The standard InChI is InChI=1S/C21H32ClN3/c1-3-5-12-24(13-6-4-2)14-7-15-25-20-16-18(22)10-11-19(20)23-21(25)17-8-9-17/h10-11,16-17H,3-9,12-15H2,1-2H3. The maximum absolute atomic E-state index is 6.24. The van der Waals surface area contributed by atoms with Crippen LogP contribution in [0.3, 0.4) is 0 Å². The number of hydrogen-bond donors (Lipinski definition) is 0. The maximum Gasteiger partial charge on any atom is 0.112 e. The second kappa shape index (κ2) is 9.05.